The Kier molecular flexibility index (Phi) is 5.55. The minimum Gasteiger partial charge on any atom is -0.462 e. The lowest BCUT2D eigenvalue weighted by atomic mass is 10.0. The fourth-order valence-electron chi connectivity index (χ4n) is 3.23. The summed E-state index contributed by atoms with van der Waals surface area (Å²) >= 11 is 0. The number of benzene rings is 1. The smallest absolute Gasteiger partial charge is 0.340 e. The predicted molar refractivity (Wildman–Crippen MR) is 103 cm³/mol. The molecule has 26 heavy (non-hydrogen) atoms. The standard InChI is InChI=1S/C19H25N5O2/c1-3-26-19(25)14-8-4-5-9-15(14)23-17-16(20)18(22-12-21-17)24-10-6-7-13(2)11-24/h4-5,8-9,12-13H,3,6-7,10-11,20H2,1-2H3,(H,21,22,23). The monoisotopic (exact) mass is 355 g/mol. The first kappa shape index (κ1) is 18.0. The molecule has 0 radical (unpaired) electrons. The molecule has 138 valence electrons. The molecule has 1 aromatic carbocycles. The molecule has 1 aromatic heterocycles. The van der Waals surface area contributed by atoms with Crippen molar-refractivity contribution in [2.45, 2.75) is 26.7 Å². The van der Waals surface area contributed by atoms with Gasteiger partial charge in [0.25, 0.3) is 0 Å². The second kappa shape index (κ2) is 8.03. The van der Waals surface area contributed by atoms with Crippen LogP contribution in [0, 0.1) is 5.92 Å². The molecule has 0 saturated carbocycles. The highest BCUT2D eigenvalue weighted by atomic mass is 16.5. The minimum absolute atomic E-state index is 0.320. The van der Waals surface area contributed by atoms with Gasteiger partial charge in [-0.05, 0) is 37.8 Å². The first-order valence-corrected chi connectivity index (χ1v) is 8.98. The summed E-state index contributed by atoms with van der Waals surface area (Å²) < 4.78 is 5.12. The third-order valence-corrected chi connectivity index (χ3v) is 4.49. The van der Waals surface area contributed by atoms with Crippen molar-refractivity contribution in [1.29, 1.82) is 0 Å². The van der Waals surface area contributed by atoms with Gasteiger partial charge >= 0.3 is 5.97 Å². The van der Waals surface area contributed by atoms with Crippen LogP contribution < -0.4 is 16.0 Å². The molecule has 2 aromatic rings. The zero-order valence-electron chi connectivity index (χ0n) is 15.2. The van der Waals surface area contributed by atoms with Gasteiger partial charge in [-0.3, -0.25) is 0 Å². The van der Waals surface area contributed by atoms with E-state index in [2.05, 4.69) is 27.1 Å². The van der Waals surface area contributed by atoms with Crippen LogP contribution in [0.1, 0.15) is 37.0 Å². The number of nitrogens with two attached hydrogens (primary N) is 1. The number of hydrogen-bond acceptors (Lipinski definition) is 7. The first-order chi connectivity index (χ1) is 12.6. The van der Waals surface area contributed by atoms with E-state index in [9.17, 15) is 4.79 Å². The molecule has 1 fully saturated rings. The molecule has 1 atom stereocenters. The second-order valence-electron chi connectivity index (χ2n) is 6.54. The number of para-hydroxylation sites is 1. The number of rotatable bonds is 5. The van der Waals surface area contributed by atoms with Crippen molar-refractivity contribution in [3.63, 3.8) is 0 Å². The van der Waals surface area contributed by atoms with Crippen LogP contribution in [0.2, 0.25) is 0 Å². The fourth-order valence-corrected chi connectivity index (χ4v) is 3.23. The summed E-state index contributed by atoms with van der Waals surface area (Å²) in [6.45, 7) is 6.20. The number of anilines is 4. The molecule has 1 aliphatic rings. The molecule has 1 aliphatic heterocycles. The van der Waals surface area contributed by atoms with Crippen molar-refractivity contribution in [3.05, 3.63) is 36.2 Å². The highest BCUT2D eigenvalue weighted by molar-refractivity contribution is 5.97. The Morgan fingerprint density at radius 1 is 1.38 bits per heavy atom. The quantitative estimate of drug-likeness (QED) is 0.795. The first-order valence-electron chi connectivity index (χ1n) is 8.98. The zero-order chi connectivity index (χ0) is 18.5. The summed E-state index contributed by atoms with van der Waals surface area (Å²) in [6.07, 6.45) is 3.85. The minimum atomic E-state index is -0.381. The van der Waals surface area contributed by atoms with Gasteiger partial charge in [-0.15, -0.1) is 0 Å². The Morgan fingerprint density at radius 2 is 2.19 bits per heavy atom. The van der Waals surface area contributed by atoms with Crippen molar-refractivity contribution in [2.24, 2.45) is 5.92 Å². The van der Waals surface area contributed by atoms with Crippen molar-refractivity contribution < 1.29 is 9.53 Å². The van der Waals surface area contributed by atoms with Crippen LogP contribution >= 0.6 is 0 Å². The van der Waals surface area contributed by atoms with Crippen LogP contribution in [0.3, 0.4) is 0 Å². The van der Waals surface area contributed by atoms with E-state index in [-0.39, 0.29) is 5.97 Å². The Bertz CT molecular complexity index is 780. The van der Waals surface area contributed by atoms with Gasteiger partial charge in [0.15, 0.2) is 11.6 Å². The molecule has 1 unspecified atom stereocenters. The molecule has 1 saturated heterocycles. The van der Waals surface area contributed by atoms with E-state index in [1.54, 1.807) is 25.1 Å². The molecule has 7 heteroatoms. The van der Waals surface area contributed by atoms with E-state index in [0.717, 1.165) is 25.3 Å². The maximum absolute atomic E-state index is 12.2. The van der Waals surface area contributed by atoms with E-state index >= 15 is 0 Å². The highest BCUT2D eigenvalue weighted by Gasteiger charge is 2.21. The summed E-state index contributed by atoms with van der Waals surface area (Å²) in [6, 6.07) is 7.15. The zero-order valence-corrected chi connectivity index (χ0v) is 15.2. The van der Waals surface area contributed by atoms with Gasteiger partial charge in [0.2, 0.25) is 0 Å². The van der Waals surface area contributed by atoms with Gasteiger partial charge in [-0.25, -0.2) is 14.8 Å². The lowest BCUT2D eigenvalue weighted by molar-refractivity contribution is 0.0527. The molecular weight excluding hydrogens is 330 g/mol. The number of aromatic nitrogens is 2. The Morgan fingerprint density at radius 3 is 2.96 bits per heavy atom. The van der Waals surface area contributed by atoms with Gasteiger partial charge in [-0.2, -0.15) is 0 Å². The maximum atomic E-state index is 12.2. The summed E-state index contributed by atoms with van der Waals surface area (Å²) in [5.74, 6) is 1.46. The predicted octanol–water partition coefficient (Wildman–Crippen LogP) is 3.22. The summed E-state index contributed by atoms with van der Waals surface area (Å²) in [5, 5.41) is 3.17. The molecule has 3 rings (SSSR count). The Balaban J connectivity index is 1.87. The van der Waals surface area contributed by atoms with E-state index in [4.69, 9.17) is 10.5 Å². The van der Waals surface area contributed by atoms with Gasteiger partial charge in [0.05, 0.1) is 17.9 Å². The number of esters is 1. The number of nitrogens with zero attached hydrogens (tertiary/aromatic N) is 3. The Hall–Kier alpha value is -2.83. The number of carbonyl (C=O) groups is 1. The van der Waals surface area contributed by atoms with Gasteiger partial charge in [0, 0.05) is 13.1 Å². The number of ether oxygens (including phenoxy) is 1. The van der Waals surface area contributed by atoms with Crippen LogP contribution in [0.15, 0.2) is 30.6 Å². The molecule has 7 nitrogen and oxygen atoms in total. The van der Waals surface area contributed by atoms with Gasteiger partial charge in [-0.1, -0.05) is 19.1 Å². The third-order valence-electron chi connectivity index (χ3n) is 4.49. The number of hydrogen-bond donors (Lipinski definition) is 2. The lowest BCUT2D eigenvalue weighted by Gasteiger charge is -2.32. The second-order valence-corrected chi connectivity index (χ2v) is 6.54. The Labute approximate surface area is 153 Å². The van der Waals surface area contributed by atoms with Crippen LogP contribution in [-0.4, -0.2) is 35.6 Å². The van der Waals surface area contributed by atoms with Crippen LogP contribution in [0.5, 0.6) is 0 Å². The summed E-state index contributed by atoms with van der Waals surface area (Å²) in [4.78, 5) is 23.0. The largest absolute Gasteiger partial charge is 0.462 e. The van der Waals surface area contributed by atoms with Gasteiger partial charge in [0.1, 0.15) is 12.0 Å². The lowest BCUT2D eigenvalue weighted by Crippen LogP contribution is -2.35. The van der Waals surface area contributed by atoms with E-state index in [1.807, 2.05) is 6.07 Å². The number of carbonyl (C=O) groups excluding carboxylic acids is 1. The number of nitrogen functional groups attached to an aromatic ring is 1. The molecule has 2 heterocycles. The molecule has 3 N–H and O–H groups in total. The summed E-state index contributed by atoms with van der Waals surface area (Å²) in [7, 11) is 0. The SMILES string of the molecule is CCOC(=O)c1ccccc1Nc1ncnc(N2CCCC(C)C2)c1N. The van der Waals surface area contributed by atoms with Crippen molar-refractivity contribution >= 4 is 29.0 Å². The number of nitrogens with one attached hydrogen (secondary N) is 1. The van der Waals surface area contributed by atoms with Crippen molar-refractivity contribution in [2.75, 3.05) is 35.6 Å². The van der Waals surface area contributed by atoms with Crippen molar-refractivity contribution in [1.82, 2.24) is 9.97 Å². The van der Waals surface area contributed by atoms with E-state index < -0.39 is 0 Å². The fraction of sp³-hybridized carbons (Fsp3) is 0.421. The van der Waals surface area contributed by atoms with E-state index in [1.165, 1.54) is 12.7 Å². The molecule has 0 bridgehead atoms. The van der Waals surface area contributed by atoms with E-state index in [0.29, 0.717) is 35.3 Å². The normalized spacial score (nSPS) is 17.0. The van der Waals surface area contributed by atoms with Crippen LogP contribution in [-0.2, 0) is 4.74 Å². The van der Waals surface area contributed by atoms with Crippen molar-refractivity contribution in [3.8, 4) is 0 Å². The van der Waals surface area contributed by atoms with Crippen LogP contribution in [0.25, 0.3) is 0 Å². The average molecular weight is 355 g/mol. The van der Waals surface area contributed by atoms with Gasteiger partial charge < -0.3 is 20.7 Å². The molecule has 0 aliphatic carbocycles. The van der Waals surface area contributed by atoms with Crippen LogP contribution in [0.4, 0.5) is 23.0 Å². The number of piperidine rings is 1. The topological polar surface area (TPSA) is 93.4 Å². The maximum Gasteiger partial charge on any atom is 0.340 e. The highest BCUT2D eigenvalue weighted by Crippen LogP contribution is 2.32. The molecular formula is C19H25N5O2. The molecule has 0 amide bonds. The molecule has 0 spiro atoms. The third kappa shape index (κ3) is 3.87. The average Bonchev–Trinajstić information content (AvgIpc) is 2.64. The summed E-state index contributed by atoms with van der Waals surface area (Å²) in [5.41, 5.74) is 7.88.